The number of hydrogen-bond donors (Lipinski definition) is 0. The quantitative estimate of drug-likeness (QED) is 0.474. The summed E-state index contributed by atoms with van der Waals surface area (Å²) in [5.74, 6) is 0. The van der Waals surface area contributed by atoms with E-state index in [-0.39, 0.29) is 0 Å². The van der Waals surface area contributed by atoms with E-state index < -0.39 is 0 Å². The zero-order valence-electron chi connectivity index (χ0n) is 18.3. The van der Waals surface area contributed by atoms with Crippen molar-refractivity contribution in [3.63, 3.8) is 0 Å². The summed E-state index contributed by atoms with van der Waals surface area (Å²) in [5, 5.41) is 7.95. The first-order chi connectivity index (χ1) is 13.2. The van der Waals surface area contributed by atoms with Gasteiger partial charge in [0, 0.05) is 111 Å². The minimum absolute atomic E-state index is 1.25. The molecule has 0 amide bonds. The molecule has 146 valence electrons. The van der Waals surface area contributed by atoms with Gasteiger partial charge in [0.2, 0.25) is 0 Å². The molecule has 0 aliphatic heterocycles. The third-order valence-electron chi connectivity index (χ3n) is 5.74. The lowest BCUT2D eigenvalue weighted by Crippen LogP contribution is -2.15. The smallest absolute Gasteiger partial charge is 0.0462 e. The molecule has 4 nitrogen and oxygen atoms in total. The Labute approximate surface area is 167 Å². The molecule has 0 N–H and O–H groups in total. The Kier molecular flexibility index (Phi) is 4.18. The molecule has 0 bridgehead atoms. The lowest BCUT2D eigenvalue weighted by molar-refractivity contribution is 1.11. The first-order valence-electron chi connectivity index (χ1n) is 9.70. The number of benzene rings is 4. The Hall–Kier alpha value is -2.88. The summed E-state index contributed by atoms with van der Waals surface area (Å²) in [6.07, 6.45) is 0. The van der Waals surface area contributed by atoms with Crippen LogP contribution in [0.15, 0.2) is 36.4 Å². The van der Waals surface area contributed by atoms with E-state index in [2.05, 4.69) is 112 Å². The average molecular weight is 375 g/mol. The van der Waals surface area contributed by atoms with Gasteiger partial charge < -0.3 is 19.6 Å². The first-order valence-corrected chi connectivity index (χ1v) is 9.70. The Morgan fingerprint density at radius 2 is 0.750 bits per heavy atom. The van der Waals surface area contributed by atoms with E-state index in [4.69, 9.17) is 0 Å². The molecule has 0 heterocycles. The summed E-state index contributed by atoms with van der Waals surface area (Å²) in [7, 11) is 17.0. The van der Waals surface area contributed by atoms with E-state index in [1.807, 2.05) is 0 Å². The van der Waals surface area contributed by atoms with Crippen molar-refractivity contribution in [3.8, 4) is 0 Å². The van der Waals surface area contributed by atoms with Crippen LogP contribution in [0.4, 0.5) is 22.7 Å². The highest BCUT2D eigenvalue weighted by Gasteiger charge is 2.20. The fraction of sp³-hybridized carbons (Fsp3) is 0.333. The average Bonchev–Trinajstić information content (AvgIpc) is 2.64. The summed E-state index contributed by atoms with van der Waals surface area (Å²) in [5.41, 5.74) is 5.03. The molecule has 0 aliphatic carbocycles. The molecular weight excluding hydrogens is 344 g/mol. The predicted octanol–water partition coefficient (Wildman–Crippen LogP) is 4.85. The van der Waals surface area contributed by atoms with E-state index in [0.717, 1.165) is 0 Å². The lowest BCUT2D eigenvalue weighted by atomic mass is 9.90. The molecule has 4 aromatic carbocycles. The van der Waals surface area contributed by atoms with Gasteiger partial charge in [-0.25, -0.2) is 0 Å². The molecular formula is C24H30N4. The third-order valence-corrected chi connectivity index (χ3v) is 5.74. The van der Waals surface area contributed by atoms with Crippen LogP contribution < -0.4 is 19.6 Å². The van der Waals surface area contributed by atoms with Crippen molar-refractivity contribution in [1.29, 1.82) is 0 Å². The molecule has 0 aromatic heterocycles. The van der Waals surface area contributed by atoms with Crippen LogP contribution in [-0.4, -0.2) is 56.4 Å². The first kappa shape index (κ1) is 18.5. The highest BCUT2D eigenvalue weighted by Crippen LogP contribution is 2.47. The van der Waals surface area contributed by atoms with Gasteiger partial charge in [0.05, 0.1) is 0 Å². The molecule has 0 radical (unpaired) electrons. The molecule has 0 spiro atoms. The maximum Gasteiger partial charge on any atom is 0.0462 e. The van der Waals surface area contributed by atoms with Crippen molar-refractivity contribution >= 4 is 55.1 Å². The third kappa shape index (κ3) is 2.51. The van der Waals surface area contributed by atoms with E-state index in [1.54, 1.807) is 0 Å². The second-order valence-corrected chi connectivity index (χ2v) is 8.48. The maximum absolute atomic E-state index is 2.36. The molecule has 4 aromatic rings. The van der Waals surface area contributed by atoms with Gasteiger partial charge in [0.25, 0.3) is 0 Å². The van der Waals surface area contributed by atoms with Crippen LogP contribution in [0.3, 0.4) is 0 Å². The zero-order chi connectivity index (χ0) is 20.3. The van der Waals surface area contributed by atoms with Crippen molar-refractivity contribution < 1.29 is 0 Å². The van der Waals surface area contributed by atoms with Crippen LogP contribution >= 0.6 is 0 Å². The van der Waals surface area contributed by atoms with Crippen LogP contribution in [0.5, 0.6) is 0 Å². The summed E-state index contributed by atoms with van der Waals surface area (Å²) in [6.45, 7) is 0. The number of hydrogen-bond acceptors (Lipinski definition) is 4. The van der Waals surface area contributed by atoms with Gasteiger partial charge in [-0.1, -0.05) is 18.2 Å². The number of nitrogens with zero attached hydrogens (tertiary/aromatic N) is 4. The van der Waals surface area contributed by atoms with Crippen LogP contribution in [0.2, 0.25) is 0 Å². The Morgan fingerprint density at radius 3 is 1.25 bits per heavy atom. The van der Waals surface area contributed by atoms with Crippen LogP contribution in [-0.2, 0) is 0 Å². The fourth-order valence-corrected chi connectivity index (χ4v) is 4.41. The number of rotatable bonds is 4. The minimum atomic E-state index is 1.25. The maximum atomic E-state index is 2.36. The predicted molar refractivity (Wildman–Crippen MR) is 127 cm³/mol. The van der Waals surface area contributed by atoms with Crippen molar-refractivity contribution in [2.75, 3.05) is 76.0 Å². The van der Waals surface area contributed by atoms with Crippen molar-refractivity contribution in [3.05, 3.63) is 36.4 Å². The van der Waals surface area contributed by atoms with Gasteiger partial charge in [-0.2, -0.15) is 0 Å². The summed E-state index contributed by atoms with van der Waals surface area (Å²) < 4.78 is 0. The summed E-state index contributed by atoms with van der Waals surface area (Å²) in [4.78, 5) is 8.88. The molecule has 4 rings (SSSR count). The van der Waals surface area contributed by atoms with E-state index >= 15 is 0 Å². The number of anilines is 4. The Morgan fingerprint density at radius 1 is 0.393 bits per heavy atom. The van der Waals surface area contributed by atoms with Gasteiger partial charge in [-0.3, -0.25) is 0 Å². The van der Waals surface area contributed by atoms with Crippen molar-refractivity contribution in [2.24, 2.45) is 0 Å². The zero-order valence-corrected chi connectivity index (χ0v) is 18.3. The second-order valence-electron chi connectivity index (χ2n) is 8.48. The minimum Gasteiger partial charge on any atom is -0.377 e. The lowest BCUT2D eigenvalue weighted by Gasteiger charge is -2.27. The van der Waals surface area contributed by atoms with Gasteiger partial charge in [0.15, 0.2) is 0 Å². The summed E-state index contributed by atoms with van der Waals surface area (Å²) in [6, 6.07) is 13.8. The standard InChI is InChI=1S/C24H30N4/c1-25(2)19-12-11-17-20(26(3)4)13-18-22(28(7)8)14-21(27(5)6)16-10-9-15(19)23(17)24(16)18/h9-14H,1-8H3. The Bertz CT molecular complexity index is 1150. The van der Waals surface area contributed by atoms with Gasteiger partial charge in [0.1, 0.15) is 0 Å². The molecule has 0 saturated carbocycles. The fourth-order valence-electron chi connectivity index (χ4n) is 4.41. The van der Waals surface area contributed by atoms with Gasteiger partial charge in [-0.15, -0.1) is 0 Å². The molecule has 4 heteroatoms. The van der Waals surface area contributed by atoms with E-state index in [0.29, 0.717) is 0 Å². The highest BCUT2D eigenvalue weighted by molar-refractivity contribution is 6.31. The van der Waals surface area contributed by atoms with Gasteiger partial charge in [-0.05, 0) is 18.2 Å². The second kappa shape index (κ2) is 6.33. The molecule has 0 unspecified atom stereocenters. The molecule has 0 saturated heterocycles. The SMILES string of the molecule is CN(C)c1ccc2c(N(C)C)cc3c(N(C)C)cc(N(C)C)c4ccc1c2c43. The monoisotopic (exact) mass is 374 g/mol. The van der Waals surface area contributed by atoms with Gasteiger partial charge >= 0.3 is 0 Å². The highest BCUT2D eigenvalue weighted by atomic mass is 15.1. The largest absolute Gasteiger partial charge is 0.377 e. The van der Waals surface area contributed by atoms with Crippen LogP contribution in [0, 0.1) is 0 Å². The normalized spacial score (nSPS) is 11.6. The molecule has 0 aliphatic rings. The molecule has 0 atom stereocenters. The van der Waals surface area contributed by atoms with Crippen LogP contribution in [0.1, 0.15) is 0 Å². The van der Waals surface area contributed by atoms with Crippen molar-refractivity contribution in [2.45, 2.75) is 0 Å². The van der Waals surface area contributed by atoms with E-state index in [1.165, 1.54) is 55.1 Å². The molecule has 28 heavy (non-hydrogen) atoms. The topological polar surface area (TPSA) is 13.0 Å². The Balaban J connectivity index is 2.35. The van der Waals surface area contributed by atoms with Crippen molar-refractivity contribution in [1.82, 2.24) is 0 Å². The van der Waals surface area contributed by atoms with Crippen LogP contribution in [0.25, 0.3) is 32.3 Å². The molecule has 0 fully saturated rings. The van der Waals surface area contributed by atoms with E-state index in [9.17, 15) is 0 Å². The summed E-state index contributed by atoms with van der Waals surface area (Å²) >= 11 is 0.